The predicted octanol–water partition coefficient (Wildman–Crippen LogP) is 5.51. The monoisotopic (exact) mass is 242 g/mol. The van der Waals surface area contributed by atoms with E-state index in [9.17, 15) is 0 Å². The van der Waals surface area contributed by atoms with Gasteiger partial charge in [-0.05, 0) is 35.8 Å². The molecule has 1 rings (SSSR count). The molecule has 0 N–H and O–H groups in total. The van der Waals surface area contributed by atoms with Gasteiger partial charge in [0.15, 0.2) is 0 Å². The molecule has 0 unspecified atom stereocenters. The van der Waals surface area contributed by atoms with Crippen molar-refractivity contribution < 1.29 is 0 Å². The van der Waals surface area contributed by atoms with Gasteiger partial charge < -0.3 is 0 Å². The Balaban J connectivity index is 3.26. The molecule has 1 aromatic rings. The van der Waals surface area contributed by atoms with Crippen molar-refractivity contribution in [1.29, 1.82) is 0 Å². The van der Waals surface area contributed by atoms with Gasteiger partial charge in [0.25, 0.3) is 0 Å². The highest BCUT2D eigenvalue weighted by Gasteiger charge is 2.39. The van der Waals surface area contributed by atoms with Crippen molar-refractivity contribution in [3.8, 4) is 0 Å². The first kappa shape index (κ1) is 14.8. The van der Waals surface area contributed by atoms with Crippen LogP contribution < -0.4 is 0 Å². The molecule has 0 aliphatic heterocycles. The van der Waals surface area contributed by atoms with Crippen LogP contribution >= 0.6 is 0 Å². The van der Waals surface area contributed by atoms with Crippen LogP contribution in [0.4, 0.5) is 0 Å². The van der Waals surface area contributed by atoms with Gasteiger partial charge in [0.1, 0.15) is 0 Å². The Morgan fingerprint density at radius 1 is 0.944 bits per heavy atom. The van der Waals surface area contributed by atoms with E-state index in [1.54, 1.807) is 0 Å². The molecule has 0 aliphatic rings. The maximum absolute atomic E-state index is 2.33. The van der Waals surface area contributed by atoms with Crippen molar-refractivity contribution in [2.45, 2.75) is 47.0 Å². The van der Waals surface area contributed by atoms with Gasteiger partial charge in [0.05, 0.1) is 0 Å². The lowest BCUT2D eigenvalue weighted by Crippen LogP contribution is -2.37. The highest BCUT2D eigenvalue weighted by molar-refractivity contribution is 5.36. The second kappa shape index (κ2) is 5.56. The Morgan fingerprint density at radius 2 is 1.50 bits per heavy atom. The predicted molar refractivity (Wildman–Crippen MR) is 81.8 cm³/mol. The molecule has 0 atom stereocenters. The first-order valence-corrected chi connectivity index (χ1v) is 6.73. The van der Waals surface area contributed by atoms with Crippen molar-refractivity contribution in [3.05, 3.63) is 59.7 Å². The molecule has 0 heteroatoms. The van der Waals surface area contributed by atoms with E-state index in [2.05, 4.69) is 90.1 Å². The van der Waals surface area contributed by atoms with E-state index in [0.29, 0.717) is 0 Å². The first-order valence-electron chi connectivity index (χ1n) is 6.73. The van der Waals surface area contributed by atoms with Crippen molar-refractivity contribution in [1.82, 2.24) is 0 Å². The maximum atomic E-state index is 2.33. The molecule has 0 bridgehead atoms. The Morgan fingerprint density at radius 3 is 1.94 bits per heavy atom. The maximum Gasteiger partial charge on any atom is -0.00122 e. The summed E-state index contributed by atoms with van der Waals surface area (Å²) in [5.41, 5.74) is 2.96. The zero-order valence-corrected chi connectivity index (χ0v) is 12.6. The van der Waals surface area contributed by atoms with Crippen molar-refractivity contribution in [3.63, 3.8) is 0 Å². The van der Waals surface area contributed by atoms with E-state index >= 15 is 0 Å². The summed E-state index contributed by atoms with van der Waals surface area (Å²) in [5.74, 6) is 0. The molecule has 0 saturated heterocycles. The average Bonchev–Trinajstić information content (AvgIpc) is 2.36. The fraction of sp³-hybridized carbons (Fsp3) is 0.444. The highest BCUT2D eigenvalue weighted by atomic mass is 14.4. The Hall–Kier alpha value is -1.30. The van der Waals surface area contributed by atoms with Gasteiger partial charge in [0.2, 0.25) is 0 Å². The van der Waals surface area contributed by atoms with Gasteiger partial charge in [-0.3, -0.25) is 0 Å². The van der Waals surface area contributed by atoms with Crippen LogP contribution in [-0.2, 0) is 5.41 Å². The van der Waals surface area contributed by atoms with Crippen LogP contribution in [0.1, 0.15) is 47.1 Å². The third kappa shape index (κ3) is 2.58. The lowest BCUT2D eigenvalue weighted by atomic mass is 9.60. The van der Waals surface area contributed by atoms with E-state index in [1.807, 2.05) is 0 Å². The molecule has 0 fully saturated rings. The van der Waals surface area contributed by atoms with E-state index in [1.165, 1.54) is 11.1 Å². The van der Waals surface area contributed by atoms with E-state index in [0.717, 1.165) is 0 Å². The summed E-state index contributed by atoms with van der Waals surface area (Å²) in [6.45, 7) is 13.5. The topological polar surface area (TPSA) is 0 Å². The van der Waals surface area contributed by atoms with Gasteiger partial charge in [-0.2, -0.15) is 0 Å². The molecule has 0 spiro atoms. The second-order valence-electron chi connectivity index (χ2n) is 5.86. The molecule has 0 aliphatic carbocycles. The molecule has 1 aromatic carbocycles. The summed E-state index contributed by atoms with van der Waals surface area (Å²) < 4.78 is 0. The fourth-order valence-electron chi connectivity index (χ4n) is 2.42. The summed E-state index contributed by atoms with van der Waals surface area (Å²) in [6.07, 6.45) is 6.58. The Labute approximate surface area is 112 Å². The van der Waals surface area contributed by atoms with Crippen molar-refractivity contribution in [2.75, 3.05) is 0 Å². The standard InChI is InChI=1S/C18H26/c1-7-12-15(8-2)17(3,4)18(5,6)16-13-10-9-11-14-16/h7-14H,1-6H3. The SMILES string of the molecule is CC=CC(=CC)C(C)(C)C(C)(C)c1ccccc1. The number of allylic oxidation sites excluding steroid dienone is 4. The highest BCUT2D eigenvalue weighted by Crippen LogP contribution is 2.46. The summed E-state index contributed by atoms with van der Waals surface area (Å²) in [4.78, 5) is 0. The smallest absolute Gasteiger partial charge is 0.00122 e. The number of rotatable bonds is 4. The van der Waals surface area contributed by atoms with Gasteiger partial charge in [0, 0.05) is 0 Å². The largest absolute Gasteiger partial charge is 0.0874 e. The normalized spacial score (nSPS) is 14.2. The molecule has 0 saturated carbocycles. The summed E-state index contributed by atoms with van der Waals surface area (Å²) >= 11 is 0. The van der Waals surface area contributed by atoms with Gasteiger partial charge in [-0.15, -0.1) is 0 Å². The van der Waals surface area contributed by atoms with Crippen LogP contribution in [0.15, 0.2) is 54.1 Å². The second-order valence-corrected chi connectivity index (χ2v) is 5.86. The van der Waals surface area contributed by atoms with Crippen molar-refractivity contribution >= 4 is 0 Å². The summed E-state index contributed by atoms with van der Waals surface area (Å²) in [6, 6.07) is 10.8. The van der Waals surface area contributed by atoms with E-state index < -0.39 is 0 Å². The molecule has 0 amide bonds. The van der Waals surface area contributed by atoms with Crippen LogP contribution in [0.5, 0.6) is 0 Å². The lowest BCUT2D eigenvalue weighted by molar-refractivity contribution is 0.254. The number of hydrogen-bond acceptors (Lipinski definition) is 0. The minimum absolute atomic E-state index is 0.0929. The zero-order chi connectivity index (χ0) is 13.8. The number of benzene rings is 1. The fourth-order valence-corrected chi connectivity index (χ4v) is 2.42. The third-order valence-electron chi connectivity index (χ3n) is 4.44. The molecule has 0 nitrogen and oxygen atoms in total. The molecule has 98 valence electrons. The first-order chi connectivity index (χ1) is 8.37. The molecular formula is C18H26. The van der Waals surface area contributed by atoms with Crippen LogP contribution in [0.3, 0.4) is 0 Å². The quantitative estimate of drug-likeness (QED) is 0.610. The third-order valence-corrected chi connectivity index (χ3v) is 4.44. The van der Waals surface area contributed by atoms with Crippen LogP contribution in [0.2, 0.25) is 0 Å². The van der Waals surface area contributed by atoms with Crippen LogP contribution in [0, 0.1) is 5.41 Å². The molecule has 0 radical (unpaired) electrons. The minimum atomic E-state index is 0.0929. The molecular weight excluding hydrogens is 216 g/mol. The average molecular weight is 242 g/mol. The summed E-state index contributed by atoms with van der Waals surface area (Å²) in [5, 5.41) is 0. The lowest BCUT2D eigenvalue weighted by Gasteiger charge is -2.43. The molecule has 18 heavy (non-hydrogen) atoms. The molecule has 0 heterocycles. The van der Waals surface area contributed by atoms with Gasteiger partial charge in [-0.25, -0.2) is 0 Å². The van der Waals surface area contributed by atoms with Crippen LogP contribution in [0.25, 0.3) is 0 Å². The number of hydrogen-bond donors (Lipinski definition) is 0. The van der Waals surface area contributed by atoms with E-state index in [4.69, 9.17) is 0 Å². The minimum Gasteiger partial charge on any atom is -0.0874 e. The molecule has 0 aromatic heterocycles. The van der Waals surface area contributed by atoms with E-state index in [-0.39, 0.29) is 10.8 Å². The van der Waals surface area contributed by atoms with Gasteiger partial charge in [-0.1, -0.05) is 76.3 Å². The zero-order valence-electron chi connectivity index (χ0n) is 12.6. The Bertz CT molecular complexity index is 430. The van der Waals surface area contributed by atoms with Gasteiger partial charge >= 0.3 is 0 Å². The Kier molecular flexibility index (Phi) is 4.56. The summed E-state index contributed by atoms with van der Waals surface area (Å²) in [7, 11) is 0. The van der Waals surface area contributed by atoms with Crippen LogP contribution in [-0.4, -0.2) is 0 Å². The van der Waals surface area contributed by atoms with Crippen molar-refractivity contribution in [2.24, 2.45) is 5.41 Å².